The van der Waals surface area contributed by atoms with E-state index in [-0.39, 0.29) is 23.7 Å². The van der Waals surface area contributed by atoms with Crippen LogP contribution in [0.4, 0.5) is 23.5 Å². The summed E-state index contributed by atoms with van der Waals surface area (Å²) in [6, 6.07) is 4.21. The van der Waals surface area contributed by atoms with Gasteiger partial charge in [0.1, 0.15) is 17.7 Å². The van der Waals surface area contributed by atoms with Gasteiger partial charge >= 0.3 is 11.9 Å². The molecule has 0 aliphatic carbocycles. The van der Waals surface area contributed by atoms with Gasteiger partial charge in [0, 0.05) is 0 Å². The summed E-state index contributed by atoms with van der Waals surface area (Å²) < 4.78 is 59.9. The second-order valence-electron chi connectivity index (χ2n) is 7.05. The lowest BCUT2D eigenvalue weighted by Crippen LogP contribution is -2.34. The number of halogens is 4. The van der Waals surface area contributed by atoms with E-state index in [0.717, 1.165) is 21.3 Å². The third kappa shape index (κ3) is 3.64. The average molecular weight is 443 g/mol. The second-order valence-corrected chi connectivity index (χ2v) is 7.05. The average Bonchev–Trinajstić information content (AvgIpc) is 3.15. The summed E-state index contributed by atoms with van der Waals surface area (Å²) in [6.45, 7) is -0.871. The molecule has 3 heterocycles. The Morgan fingerprint density at radius 2 is 1.90 bits per heavy atom. The maximum Gasteiger partial charge on any atom is 0.416 e. The number of hydrogen-bond donors (Lipinski definition) is 3. The lowest BCUT2D eigenvalue weighted by molar-refractivity contribution is -0.137. The largest absolute Gasteiger partial charge is 0.416 e. The number of benzene rings is 1. The maximum absolute atomic E-state index is 14.2. The van der Waals surface area contributed by atoms with Crippen LogP contribution in [-0.4, -0.2) is 54.3 Å². The second kappa shape index (κ2) is 7.59. The number of rotatable bonds is 4. The molecule has 4 N–H and O–H groups in total. The molecule has 166 valence electrons. The number of nitrogens with zero attached hydrogens (tertiary/aromatic N) is 4. The van der Waals surface area contributed by atoms with E-state index in [9.17, 15) is 32.6 Å². The first-order valence-electron chi connectivity index (χ1n) is 9.09. The molecule has 0 saturated carbocycles. The zero-order valence-corrected chi connectivity index (χ0v) is 15.7. The van der Waals surface area contributed by atoms with Crippen molar-refractivity contribution in [2.45, 2.75) is 37.3 Å². The van der Waals surface area contributed by atoms with Crippen LogP contribution in [0.2, 0.25) is 0 Å². The maximum atomic E-state index is 14.2. The van der Waals surface area contributed by atoms with Crippen molar-refractivity contribution in [1.82, 2.24) is 19.1 Å². The zero-order valence-electron chi connectivity index (χ0n) is 15.7. The molecule has 0 unspecified atom stereocenters. The van der Waals surface area contributed by atoms with Crippen LogP contribution in [0, 0.1) is 0 Å². The van der Waals surface area contributed by atoms with Gasteiger partial charge in [0.2, 0.25) is 5.95 Å². The summed E-state index contributed by atoms with van der Waals surface area (Å²) in [4.78, 5) is 20.9. The van der Waals surface area contributed by atoms with Crippen LogP contribution in [0.25, 0.3) is 11.2 Å². The molecular weight excluding hydrogens is 426 g/mol. The van der Waals surface area contributed by atoms with Gasteiger partial charge in [0.25, 0.3) is 0 Å². The first-order chi connectivity index (χ1) is 14.6. The van der Waals surface area contributed by atoms with E-state index in [0.29, 0.717) is 5.56 Å². The summed E-state index contributed by atoms with van der Waals surface area (Å²) in [6.07, 6.45) is -9.83. The third-order valence-corrected chi connectivity index (χ3v) is 5.07. The predicted octanol–water partition coefficient (Wildman–Crippen LogP) is 0.831. The smallest absolute Gasteiger partial charge is 0.394 e. The first-order valence-corrected chi connectivity index (χ1v) is 9.09. The zero-order chi connectivity index (χ0) is 22.5. The van der Waals surface area contributed by atoms with Crippen LogP contribution >= 0.6 is 0 Å². The lowest BCUT2D eigenvalue weighted by Gasteiger charge is -2.15. The topological polar surface area (TPSA) is 128 Å². The molecule has 0 radical (unpaired) electrons. The van der Waals surface area contributed by atoms with E-state index in [4.69, 9.17) is 10.5 Å². The van der Waals surface area contributed by atoms with Crippen molar-refractivity contribution in [1.29, 1.82) is 0 Å². The standard InChI is InChI=1S/C18H17F4N5O4/c19-12-11(7-28)31-15(13(12)29)27-14-10(5-24-16(23)25-14)26(17(27)30)6-8-1-3-9(4-2-8)18(20,21)22/h1-5,11-13,15,28-29H,6-7H2,(H2,23,24,25)/t11-,12-,13-,15-/m1/s1. The Balaban J connectivity index is 1.79. The van der Waals surface area contributed by atoms with Crippen molar-refractivity contribution in [2.24, 2.45) is 0 Å². The first kappa shape index (κ1) is 21.2. The molecule has 1 aliphatic heterocycles. The SMILES string of the molecule is Nc1ncc2c(n1)n([C@@H]1O[C@H](CO)[C@@H](F)[C@H]1O)c(=O)n2Cc1ccc(C(F)(F)F)cc1. The molecular formula is C18H17F4N5O4. The van der Waals surface area contributed by atoms with Crippen molar-refractivity contribution in [2.75, 3.05) is 12.3 Å². The van der Waals surface area contributed by atoms with Crippen molar-refractivity contribution < 1.29 is 32.5 Å². The van der Waals surface area contributed by atoms with Crippen LogP contribution in [0.3, 0.4) is 0 Å². The van der Waals surface area contributed by atoms with E-state index in [1.807, 2.05) is 0 Å². The van der Waals surface area contributed by atoms with E-state index in [1.54, 1.807) is 0 Å². The number of ether oxygens (including phenoxy) is 1. The number of aliphatic hydroxyl groups excluding tert-OH is 2. The van der Waals surface area contributed by atoms with Crippen molar-refractivity contribution in [3.05, 3.63) is 52.1 Å². The quantitative estimate of drug-likeness (QED) is 0.510. The van der Waals surface area contributed by atoms with E-state index < -0.39 is 48.6 Å². The minimum absolute atomic E-state index is 0.0562. The molecule has 0 bridgehead atoms. The normalized spacial score (nSPS) is 24.2. The molecule has 0 amide bonds. The van der Waals surface area contributed by atoms with Gasteiger partial charge in [-0.25, -0.2) is 18.7 Å². The number of anilines is 1. The number of hydrogen-bond acceptors (Lipinski definition) is 7. The highest BCUT2D eigenvalue weighted by Crippen LogP contribution is 2.33. The van der Waals surface area contributed by atoms with Crippen molar-refractivity contribution >= 4 is 17.1 Å². The van der Waals surface area contributed by atoms with Gasteiger partial charge in [-0.2, -0.15) is 18.2 Å². The summed E-state index contributed by atoms with van der Waals surface area (Å²) in [5.74, 6) is -0.198. The fourth-order valence-corrected chi connectivity index (χ4v) is 3.50. The van der Waals surface area contributed by atoms with Gasteiger partial charge in [-0.05, 0) is 17.7 Å². The molecule has 3 aromatic rings. The Bertz CT molecular complexity index is 1160. The summed E-state index contributed by atoms with van der Waals surface area (Å²) in [5.41, 5.74) is 4.46. The van der Waals surface area contributed by atoms with Gasteiger partial charge in [0.05, 0.1) is 24.9 Å². The highest BCUT2D eigenvalue weighted by Gasteiger charge is 2.46. The van der Waals surface area contributed by atoms with Crippen LogP contribution in [0.15, 0.2) is 35.3 Å². The molecule has 13 heteroatoms. The van der Waals surface area contributed by atoms with Crippen LogP contribution < -0.4 is 11.4 Å². The van der Waals surface area contributed by atoms with E-state index in [2.05, 4.69) is 9.97 Å². The van der Waals surface area contributed by atoms with Gasteiger partial charge in [-0.3, -0.25) is 4.57 Å². The minimum atomic E-state index is -4.50. The van der Waals surface area contributed by atoms with Crippen molar-refractivity contribution in [3.8, 4) is 0 Å². The molecule has 1 fully saturated rings. The number of nitrogens with two attached hydrogens (primary N) is 1. The van der Waals surface area contributed by atoms with Crippen LogP contribution in [-0.2, 0) is 17.5 Å². The molecule has 1 saturated heterocycles. The number of aliphatic hydroxyl groups is 2. The Hall–Kier alpha value is -3.03. The number of imidazole rings is 1. The fraction of sp³-hybridized carbons (Fsp3) is 0.389. The number of aromatic nitrogens is 4. The molecule has 4 rings (SSSR count). The molecule has 0 spiro atoms. The molecule has 1 aliphatic rings. The van der Waals surface area contributed by atoms with Crippen LogP contribution in [0.5, 0.6) is 0 Å². The number of fused-ring (bicyclic) bond motifs is 1. The minimum Gasteiger partial charge on any atom is -0.394 e. The van der Waals surface area contributed by atoms with Gasteiger partial charge in [0.15, 0.2) is 18.0 Å². The van der Waals surface area contributed by atoms with Gasteiger partial charge in [-0.15, -0.1) is 0 Å². The van der Waals surface area contributed by atoms with Crippen molar-refractivity contribution in [3.63, 3.8) is 0 Å². The molecule has 4 atom stereocenters. The molecule has 1 aromatic carbocycles. The van der Waals surface area contributed by atoms with Gasteiger partial charge < -0.3 is 20.7 Å². The number of alkyl halides is 4. The molecule has 9 nitrogen and oxygen atoms in total. The summed E-state index contributed by atoms with van der Waals surface area (Å²) in [7, 11) is 0. The monoisotopic (exact) mass is 443 g/mol. The Labute approximate surface area is 171 Å². The number of nitrogen functional groups attached to an aromatic ring is 1. The summed E-state index contributed by atoms with van der Waals surface area (Å²) in [5, 5.41) is 19.4. The highest BCUT2D eigenvalue weighted by molar-refractivity contribution is 5.72. The lowest BCUT2D eigenvalue weighted by atomic mass is 10.1. The Kier molecular flexibility index (Phi) is 5.19. The molecule has 2 aromatic heterocycles. The van der Waals surface area contributed by atoms with E-state index in [1.165, 1.54) is 18.3 Å². The Morgan fingerprint density at radius 1 is 1.23 bits per heavy atom. The Morgan fingerprint density at radius 3 is 2.48 bits per heavy atom. The van der Waals surface area contributed by atoms with Gasteiger partial charge in [-0.1, -0.05) is 12.1 Å². The molecule has 31 heavy (non-hydrogen) atoms. The summed E-state index contributed by atoms with van der Waals surface area (Å²) >= 11 is 0. The van der Waals surface area contributed by atoms with E-state index >= 15 is 0 Å². The highest BCUT2D eigenvalue weighted by atomic mass is 19.4. The third-order valence-electron chi connectivity index (χ3n) is 5.07. The predicted molar refractivity (Wildman–Crippen MR) is 98.6 cm³/mol. The fourth-order valence-electron chi connectivity index (χ4n) is 3.50. The van der Waals surface area contributed by atoms with Crippen LogP contribution in [0.1, 0.15) is 17.4 Å².